The molecule has 1 aromatic rings. The number of carbonyl (C=O) groups excluding carboxylic acids is 2. The topological polar surface area (TPSA) is 66.6 Å². The van der Waals surface area contributed by atoms with Crippen LogP contribution >= 0.6 is 0 Å². The summed E-state index contributed by atoms with van der Waals surface area (Å²) in [5, 5.41) is 0. The van der Waals surface area contributed by atoms with Crippen LogP contribution in [-0.4, -0.2) is 42.4 Å². The second-order valence-corrected chi connectivity index (χ2v) is 6.35. The minimum atomic E-state index is -0.343. The Hall–Kier alpha value is -1.88. The van der Waals surface area contributed by atoms with E-state index in [0.29, 0.717) is 13.0 Å². The molecule has 2 amide bonds. The quantitative estimate of drug-likeness (QED) is 0.917. The first-order chi connectivity index (χ1) is 10.6. The van der Waals surface area contributed by atoms with E-state index in [9.17, 15) is 9.59 Å². The maximum Gasteiger partial charge on any atom is 0.249 e. The van der Waals surface area contributed by atoms with Crippen LogP contribution in [0.4, 0.5) is 5.69 Å². The van der Waals surface area contributed by atoms with E-state index < -0.39 is 0 Å². The first-order valence-corrected chi connectivity index (χ1v) is 7.96. The third-order valence-corrected chi connectivity index (χ3v) is 4.88. The summed E-state index contributed by atoms with van der Waals surface area (Å²) < 4.78 is 0. The van der Waals surface area contributed by atoms with Crippen molar-refractivity contribution in [1.82, 2.24) is 4.90 Å². The molecule has 5 nitrogen and oxygen atoms in total. The fourth-order valence-electron chi connectivity index (χ4n) is 3.57. The molecule has 2 fully saturated rings. The minimum Gasteiger partial charge on any atom is -0.333 e. The van der Waals surface area contributed by atoms with Crippen molar-refractivity contribution in [2.24, 2.45) is 11.7 Å². The third-order valence-electron chi connectivity index (χ3n) is 4.88. The predicted molar refractivity (Wildman–Crippen MR) is 85.3 cm³/mol. The Kier molecular flexibility index (Phi) is 4.16. The lowest BCUT2D eigenvalue weighted by atomic mass is 10.0. The summed E-state index contributed by atoms with van der Waals surface area (Å²) in [6.45, 7) is 0.662. The highest BCUT2D eigenvalue weighted by Gasteiger charge is 2.39. The standard InChI is InChI=1S/C17H23N3O2/c1-19(16(21)12-7-8-13(18)11-12)15-9-10-20(17(15)22)14-5-3-2-4-6-14/h2-6,12-13,15H,7-11,18H2,1H3. The predicted octanol–water partition coefficient (Wildman–Crippen LogP) is 1.38. The summed E-state index contributed by atoms with van der Waals surface area (Å²) in [5.74, 6) is 0.0733. The van der Waals surface area contributed by atoms with Gasteiger partial charge in [0, 0.05) is 31.2 Å². The molecule has 1 aliphatic heterocycles. The SMILES string of the molecule is CN(C(=O)C1CCC(N)C1)C1CCN(c2ccccc2)C1=O. The maximum absolute atomic E-state index is 12.6. The molecule has 22 heavy (non-hydrogen) atoms. The van der Waals surface area contributed by atoms with E-state index in [1.54, 1.807) is 16.8 Å². The molecule has 2 N–H and O–H groups in total. The van der Waals surface area contributed by atoms with Crippen LogP contribution in [-0.2, 0) is 9.59 Å². The van der Waals surface area contributed by atoms with Gasteiger partial charge in [-0.25, -0.2) is 0 Å². The summed E-state index contributed by atoms with van der Waals surface area (Å²) in [5.41, 5.74) is 6.80. The first-order valence-electron chi connectivity index (χ1n) is 7.96. The summed E-state index contributed by atoms with van der Waals surface area (Å²) in [6.07, 6.45) is 3.17. The Morgan fingerprint density at radius 1 is 1.23 bits per heavy atom. The van der Waals surface area contributed by atoms with Crippen LogP contribution in [0.5, 0.6) is 0 Å². The van der Waals surface area contributed by atoms with Gasteiger partial charge in [0.05, 0.1) is 0 Å². The normalized spacial score (nSPS) is 28.2. The van der Waals surface area contributed by atoms with Gasteiger partial charge in [0.15, 0.2) is 0 Å². The molecule has 3 unspecified atom stereocenters. The van der Waals surface area contributed by atoms with E-state index in [4.69, 9.17) is 5.73 Å². The zero-order chi connectivity index (χ0) is 15.7. The number of nitrogens with two attached hydrogens (primary N) is 1. The lowest BCUT2D eigenvalue weighted by Crippen LogP contribution is -2.45. The molecule has 3 atom stereocenters. The Morgan fingerprint density at radius 3 is 2.59 bits per heavy atom. The van der Waals surface area contributed by atoms with E-state index in [2.05, 4.69) is 0 Å². The Balaban J connectivity index is 1.68. The van der Waals surface area contributed by atoms with Crippen LogP contribution in [0.3, 0.4) is 0 Å². The van der Waals surface area contributed by atoms with Crippen LogP contribution in [0, 0.1) is 5.92 Å². The molecular weight excluding hydrogens is 278 g/mol. The molecule has 1 aromatic carbocycles. The Bertz CT molecular complexity index is 560. The lowest BCUT2D eigenvalue weighted by molar-refractivity contribution is -0.140. The average molecular weight is 301 g/mol. The summed E-state index contributed by atoms with van der Waals surface area (Å²) >= 11 is 0. The molecule has 118 valence electrons. The van der Waals surface area contributed by atoms with E-state index in [1.165, 1.54) is 0 Å². The van der Waals surface area contributed by atoms with Crippen molar-refractivity contribution in [3.05, 3.63) is 30.3 Å². The monoisotopic (exact) mass is 301 g/mol. The van der Waals surface area contributed by atoms with E-state index in [1.807, 2.05) is 30.3 Å². The Labute approximate surface area is 131 Å². The third kappa shape index (κ3) is 2.73. The van der Waals surface area contributed by atoms with Gasteiger partial charge in [0.25, 0.3) is 0 Å². The van der Waals surface area contributed by atoms with Crippen molar-refractivity contribution in [3.63, 3.8) is 0 Å². The van der Waals surface area contributed by atoms with Crippen LogP contribution in [0.25, 0.3) is 0 Å². The van der Waals surface area contributed by atoms with Crippen molar-refractivity contribution in [2.75, 3.05) is 18.5 Å². The number of rotatable bonds is 3. The smallest absolute Gasteiger partial charge is 0.249 e. The van der Waals surface area contributed by atoms with Gasteiger partial charge in [-0.15, -0.1) is 0 Å². The first kappa shape index (κ1) is 15.0. The molecule has 0 spiro atoms. The van der Waals surface area contributed by atoms with E-state index in [-0.39, 0.29) is 29.8 Å². The van der Waals surface area contributed by atoms with Gasteiger partial charge >= 0.3 is 0 Å². The minimum absolute atomic E-state index is 0.0152. The van der Waals surface area contributed by atoms with E-state index >= 15 is 0 Å². The number of hydrogen-bond donors (Lipinski definition) is 1. The zero-order valence-electron chi connectivity index (χ0n) is 12.9. The van der Waals surface area contributed by atoms with Gasteiger partial charge in [-0.2, -0.15) is 0 Å². The van der Waals surface area contributed by atoms with Crippen molar-refractivity contribution >= 4 is 17.5 Å². The van der Waals surface area contributed by atoms with Crippen LogP contribution in [0.2, 0.25) is 0 Å². The van der Waals surface area contributed by atoms with Crippen molar-refractivity contribution in [1.29, 1.82) is 0 Å². The van der Waals surface area contributed by atoms with Crippen molar-refractivity contribution < 1.29 is 9.59 Å². The number of anilines is 1. The molecule has 1 aliphatic carbocycles. The highest BCUT2D eigenvalue weighted by molar-refractivity contribution is 6.01. The van der Waals surface area contributed by atoms with Gasteiger partial charge in [0.2, 0.25) is 11.8 Å². The number of likely N-dealkylation sites (N-methyl/N-ethyl adjacent to an activating group) is 1. The number of hydrogen-bond acceptors (Lipinski definition) is 3. The van der Waals surface area contributed by atoms with Gasteiger partial charge in [-0.3, -0.25) is 9.59 Å². The highest BCUT2D eigenvalue weighted by Crippen LogP contribution is 2.29. The zero-order valence-corrected chi connectivity index (χ0v) is 12.9. The van der Waals surface area contributed by atoms with Crippen LogP contribution in [0.15, 0.2) is 30.3 Å². The van der Waals surface area contributed by atoms with E-state index in [0.717, 1.165) is 24.9 Å². The summed E-state index contributed by atoms with van der Waals surface area (Å²) in [6, 6.07) is 9.42. The van der Waals surface area contributed by atoms with Crippen molar-refractivity contribution in [3.8, 4) is 0 Å². The molecule has 0 aromatic heterocycles. The molecule has 3 rings (SSSR count). The fraction of sp³-hybridized carbons (Fsp3) is 0.529. The largest absolute Gasteiger partial charge is 0.333 e. The second-order valence-electron chi connectivity index (χ2n) is 6.35. The number of nitrogens with zero attached hydrogens (tertiary/aromatic N) is 2. The maximum atomic E-state index is 12.6. The van der Waals surface area contributed by atoms with Gasteiger partial charge in [-0.05, 0) is 37.8 Å². The molecule has 2 aliphatic rings. The number of carbonyl (C=O) groups is 2. The van der Waals surface area contributed by atoms with Crippen LogP contribution < -0.4 is 10.6 Å². The van der Waals surface area contributed by atoms with Crippen LogP contribution in [0.1, 0.15) is 25.7 Å². The summed E-state index contributed by atoms with van der Waals surface area (Å²) in [4.78, 5) is 28.6. The molecule has 1 heterocycles. The molecule has 1 saturated heterocycles. The molecule has 1 saturated carbocycles. The molecule has 0 radical (unpaired) electrons. The summed E-state index contributed by atoms with van der Waals surface area (Å²) in [7, 11) is 1.75. The lowest BCUT2D eigenvalue weighted by Gasteiger charge is -2.26. The average Bonchev–Trinajstić information content (AvgIpc) is 3.13. The van der Waals surface area contributed by atoms with Gasteiger partial charge < -0.3 is 15.5 Å². The molecule has 5 heteroatoms. The van der Waals surface area contributed by atoms with Crippen molar-refractivity contribution in [2.45, 2.75) is 37.8 Å². The molecule has 0 bridgehead atoms. The van der Waals surface area contributed by atoms with Gasteiger partial charge in [0.1, 0.15) is 6.04 Å². The Morgan fingerprint density at radius 2 is 1.95 bits per heavy atom. The number of amides is 2. The molecular formula is C17H23N3O2. The fourth-order valence-corrected chi connectivity index (χ4v) is 3.57. The highest BCUT2D eigenvalue weighted by atomic mass is 16.2. The number of para-hydroxylation sites is 1. The van der Waals surface area contributed by atoms with Gasteiger partial charge in [-0.1, -0.05) is 18.2 Å². The number of benzene rings is 1. The second kappa shape index (κ2) is 6.08.